The molecular formula is C10H14BrClN2OS. The third-order valence-corrected chi connectivity index (χ3v) is 4.38. The maximum Gasteiger partial charge on any atom is 0.265 e. The second kappa shape index (κ2) is 6.00. The Morgan fingerprint density at radius 2 is 2.38 bits per heavy atom. The van der Waals surface area contributed by atoms with Gasteiger partial charge in [-0.05, 0) is 40.2 Å². The van der Waals surface area contributed by atoms with Crippen LogP contribution in [-0.2, 0) is 0 Å². The summed E-state index contributed by atoms with van der Waals surface area (Å²) < 4.78 is 0.886. The molecular weight excluding hydrogens is 312 g/mol. The number of carbonyl (C=O) groups excluding carboxylic acids is 1. The fraction of sp³-hybridized carbons (Fsp3) is 0.500. The van der Waals surface area contributed by atoms with Gasteiger partial charge in [-0.25, -0.2) is 0 Å². The zero-order valence-electron chi connectivity index (χ0n) is 8.69. The fourth-order valence-electron chi connectivity index (χ4n) is 1.78. The molecule has 2 rings (SSSR count). The Balaban J connectivity index is 0.00000128. The standard InChI is InChI=1S/C10H13BrN2OS.ClH/c11-8-3-5-15-9(8)10(14)13-4-1-2-7(12)6-13;/h3,5,7H,1-2,4,6,12H2;1H. The zero-order valence-corrected chi connectivity index (χ0v) is 11.9. The maximum atomic E-state index is 12.1. The van der Waals surface area contributed by atoms with Crippen LogP contribution in [0.1, 0.15) is 22.5 Å². The lowest BCUT2D eigenvalue weighted by Gasteiger charge is -2.30. The van der Waals surface area contributed by atoms with Crippen LogP contribution in [0.2, 0.25) is 0 Å². The van der Waals surface area contributed by atoms with E-state index in [0.29, 0.717) is 6.54 Å². The quantitative estimate of drug-likeness (QED) is 0.862. The van der Waals surface area contributed by atoms with E-state index in [1.165, 1.54) is 11.3 Å². The largest absolute Gasteiger partial charge is 0.336 e. The lowest BCUT2D eigenvalue weighted by atomic mass is 10.1. The van der Waals surface area contributed by atoms with Crippen molar-refractivity contribution < 1.29 is 4.79 Å². The zero-order chi connectivity index (χ0) is 10.8. The van der Waals surface area contributed by atoms with E-state index in [2.05, 4.69) is 15.9 Å². The third kappa shape index (κ3) is 2.97. The van der Waals surface area contributed by atoms with Gasteiger partial charge in [-0.1, -0.05) is 0 Å². The number of likely N-dealkylation sites (tertiary alicyclic amines) is 1. The highest BCUT2D eigenvalue weighted by Gasteiger charge is 2.24. The maximum absolute atomic E-state index is 12.1. The molecule has 0 bridgehead atoms. The Labute approximate surface area is 114 Å². The molecule has 2 N–H and O–H groups in total. The molecule has 1 saturated heterocycles. The van der Waals surface area contributed by atoms with Gasteiger partial charge in [0.2, 0.25) is 0 Å². The molecule has 1 aliphatic heterocycles. The summed E-state index contributed by atoms with van der Waals surface area (Å²) in [5.41, 5.74) is 5.85. The van der Waals surface area contributed by atoms with Crippen LogP contribution in [0.4, 0.5) is 0 Å². The Bertz CT molecular complexity index is 371. The second-order valence-electron chi connectivity index (χ2n) is 3.75. The van der Waals surface area contributed by atoms with Crippen molar-refractivity contribution in [2.24, 2.45) is 5.73 Å². The number of piperidine rings is 1. The van der Waals surface area contributed by atoms with Gasteiger partial charge >= 0.3 is 0 Å². The minimum atomic E-state index is 0. The van der Waals surface area contributed by atoms with Crippen LogP contribution in [0, 0.1) is 0 Å². The van der Waals surface area contributed by atoms with Crippen LogP contribution >= 0.6 is 39.7 Å². The number of halogens is 2. The molecule has 0 radical (unpaired) electrons. The second-order valence-corrected chi connectivity index (χ2v) is 5.52. The summed E-state index contributed by atoms with van der Waals surface area (Å²) in [7, 11) is 0. The molecule has 1 aromatic heterocycles. The van der Waals surface area contributed by atoms with E-state index >= 15 is 0 Å². The lowest BCUT2D eigenvalue weighted by Crippen LogP contribution is -2.45. The highest BCUT2D eigenvalue weighted by atomic mass is 79.9. The van der Waals surface area contributed by atoms with E-state index in [-0.39, 0.29) is 24.4 Å². The summed E-state index contributed by atoms with van der Waals surface area (Å²) in [5.74, 6) is 0.104. The SMILES string of the molecule is Cl.NC1CCCN(C(=O)c2sccc2Br)C1. The summed E-state index contributed by atoms with van der Waals surface area (Å²) in [6.07, 6.45) is 2.03. The molecule has 0 saturated carbocycles. The first-order valence-corrected chi connectivity index (χ1v) is 6.63. The van der Waals surface area contributed by atoms with Gasteiger partial charge in [-0.15, -0.1) is 23.7 Å². The molecule has 6 heteroatoms. The molecule has 0 spiro atoms. The molecule has 16 heavy (non-hydrogen) atoms. The van der Waals surface area contributed by atoms with E-state index in [0.717, 1.165) is 28.7 Å². The molecule has 2 heterocycles. The molecule has 3 nitrogen and oxygen atoms in total. The summed E-state index contributed by atoms with van der Waals surface area (Å²) in [5, 5.41) is 1.92. The van der Waals surface area contributed by atoms with Crippen LogP contribution < -0.4 is 5.73 Å². The van der Waals surface area contributed by atoms with Gasteiger partial charge in [0.25, 0.3) is 5.91 Å². The van der Waals surface area contributed by atoms with Gasteiger partial charge in [0, 0.05) is 23.6 Å². The van der Waals surface area contributed by atoms with Crippen molar-refractivity contribution in [1.29, 1.82) is 0 Å². The van der Waals surface area contributed by atoms with Crippen LogP contribution in [0.25, 0.3) is 0 Å². The summed E-state index contributed by atoms with van der Waals surface area (Å²) >= 11 is 4.85. The van der Waals surface area contributed by atoms with Crippen molar-refractivity contribution in [3.05, 3.63) is 20.8 Å². The number of rotatable bonds is 1. The van der Waals surface area contributed by atoms with Crippen molar-refractivity contribution in [3.63, 3.8) is 0 Å². The first-order chi connectivity index (χ1) is 7.18. The van der Waals surface area contributed by atoms with Gasteiger partial charge < -0.3 is 10.6 Å². The molecule has 1 atom stereocenters. The Kier molecular flexibility index (Phi) is 5.24. The van der Waals surface area contributed by atoms with Crippen molar-refractivity contribution in [2.45, 2.75) is 18.9 Å². The highest BCUT2D eigenvalue weighted by molar-refractivity contribution is 9.10. The van der Waals surface area contributed by atoms with E-state index in [1.807, 2.05) is 16.3 Å². The highest BCUT2D eigenvalue weighted by Crippen LogP contribution is 2.25. The minimum Gasteiger partial charge on any atom is -0.336 e. The van der Waals surface area contributed by atoms with Crippen LogP contribution in [0.5, 0.6) is 0 Å². The Morgan fingerprint density at radius 3 is 2.94 bits per heavy atom. The average molecular weight is 326 g/mol. The number of hydrogen-bond acceptors (Lipinski definition) is 3. The topological polar surface area (TPSA) is 46.3 Å². The molecule has 1 fully saturated rings. The number of thiophene rings is 1. The van der Waals surface area contributed by atoms with Crippen molar-refractivity contribution in [3.8, 4) is 0 Å². The van der Waals surface area contributed by atoms with E-state index in [9.17, 15) is 4.79 Å². The number of carbonyl (C=O) groups is 1. The van der Waals surface area contributed by atoms with Crippen molar-refractivity contribution in [2.75, 3.05) is 13.1 Å². The van der Waals surface area contributed by atoms with Crippen LogP contribution in [0.15, 0.2) is 15.9 Å². The third-order valence-electron chi connectivity index (χ3n) is 2.56. The van der Waals surface area contributed by atoms with Gasteiger partial charge in [0.1, 0.15) is 4.88 Å². The molecule has 1 unspecified atom stereocenters. The van der Waals surface area contributed by atoms with Gasteiger partial charge in [-0.2, -0.15) is 0 Å². The Hall–Kier alpha value is -0.100. The predicted molar refractivity (Wildman–Crippen MR) is 72.4 cm³/mol. The van der Waals surface area contributed by atoms with Crippen molar-refractivity contribution in [1.82, 2.24) is 4.90 Å². The molecule has 0 aromatic carbocycles. The minimum absolute atomic E-state index is 0. The lowest BCUT2D eigenvalue weighted by molar-refractivity contribution is 0.0713. The predicted octanol–water partition coefficient (Wildman–Crippen LogP) is 2.50. The number of nitrogens with two attached hydrogens (primary N) is 1. The van der Waals surface area contributed by atoms with Crippen molar-refractivity contribution >= 4 is 45.6 Å². The van der Waals surface area contributed by atoms with Crippen LogP contribution in [0.3, 0.4) is 0 Å². The normalized spacial score (nSPS) is 20.4. The molecule has 1 aromatic rings. The summed E-state index contributed by atoms with van der Waals surface area (Å²) in [6.45, 7) is 1.51. The molecule has 1 aliphatic rings. The summed E-state index contributed by atoms with van der Waals surface area (Å²) in [6, 6.07) is 2.04. The Morgan fingerprint density at radius 1 is 1.62 bits per heavy atom. The number of hydrogen-bond donors (Lipinski definition) is 1. The smallest absolute Gasteiger partial charge is 0.265 e. The van der Waals surface area contributed by atoms with Crippen LogP contribution in [-0.4, -0.2) is 29.9 Å². The summed E-state index contributed by atoms with van der Waals surface area (Å²) in [4.78, 5) is 14.7. The first-order valence-electron chi connectivity index (χ1n) is 4.96. The van der Waals surface area contributed by atoms with Gasteiger partial charge in [0.15, 0.2) is 0 Å². The number of amides is 1. The average Bonchev–Trinajstić information content (AvgIpc) is 2.63. The van der Waals surface area contributed by atoms with Gasteiger partial charge in [0.05, 0.1) is 0 Å². The monoisotopic (exact) mass is 324 g/mol. The van der Waals surface area contributed by atoms with Gasteiger partial charge in [-0.3, -0.25) is 4.79 Å². The fourth-order valence-corrected chi connectivity index (χ4v) is 3.29. The first kappa shape index (κ1) is 14.0. The molecule has 90 valence electrons. The molecule has 0 aliphatic carbocycles. The molecule has 1 amide bonds. The van der Waals surface area contributed by atoms with E-state index in [4.69, 9.17) is 5.73 Å². The number of nitrogens with zero attached hydrogens (tertiary/aromatic N) is 1. The van der Waals surface area contributed by atoms with E-state index < -0.39 is 0 Å². The van der Waals surface area contributed by atoms with E-state index in [1.54, 1.807) is 0 Å².